The first-order valence-electron chi connectivity index (χ1n) is 7.32. The Morgan fingerprint density at radius 3 is 2.19 bits per heavy atom. The van der Waals surface area contributed by atoms with Gasteiger partial charge in [0.15, 0.2) is 0 Å². The predicted molar refractivity (Wildman–Crippen MR) is 72.1 cm³/mol. The van der Waals surface area contributed by atoms with Gasteiger partial charge in [-0.05, 0) is 25.7 Å². The van der Waals surface area contributed by atoms with E-state index >= 15 is 0 Å². The molecule has 1 heterocycles. The number of likely N-dealkylation sites (tertiary alicyclic amines) is 1. The Labute approximate surface area is 122 Å². The number of carboxylic acid groups (broad SMARTS) is 1. The second-order valence-corrected chi connectivity index (χ2v) is 5.64. The normalized spacial score (nSPS) is 26.0. The van der Waals surface area contributed by atoms with E-state index in [0.29, 0.717) is 25.7 Å². The molecule has 0 atom stereocenters. The molecule has 2 rings (SSSR count). The number of nitrogens with one attached hydrogen (secondary N) is 1. The zero-order valence-corrected chi connectivity index (χ0v) is 11.8. The minimum absolute atomic E-state index is 0.00178. The van der Waals surface area contributed by atoms with Crippen LogP contribution in [-0.2, 0) is 19.2 Å². The fourth-order valence-electron chi connectivity index (χ4n) is 2.87. The molecule has 7 heteroatoms. The van der Waals surface area contributed by atoms with Crippen LogP contribution in [0, 0.1) is 5.92 Å². The summed E-state index contributed by atoms with van der Waals surface area (Å²) in [5, 5.41) is 11.8. The molecule has 1 saturated heterocycles. The highest BCUT2D eigenvalue weighted by Crippen LogP contribution is 2.24. The van der Waals surface area contributed by atoms with Gasteiger partial charge in [-0.2, -0.15) is 0 Å². The number of carbonyl (C=O) groups is 4. The summed E-state index contributed by atoms with van der Waals surface area (Å²) in [5.41, 5.74) is 0. The van der Waals surface area contributed by atoms with E-state index in [4.69, 9.17) is 5.11 Å². The molecule has 1 saturated carbocycles. The highest BCUT2D eigenvalue weighted by molar-refractivity contribution is 6.02. The SMILES string of the molecule is O=C(CCN1C(=O)CCC1=O)NC1CCC(C(=O)O)CC1. The van der Waals surface area contributed by atoms with Crippen LogP contribution in [0.4, 0.5) is 0 Å². The van der Waals surface area contributed by atoms with Crippen LogP contribution in [0.3, 0.4) is 0 Å². The van der Waals surface area contributed by atoms with Gasteiger partial charge < -0.3 is 10.4 Å². The van der Waals surface area contributed by atoms with Crippen molar-refractivity contribution in [3.63, 3.8) is 0 Å². The maximum atomic E-state index is 11.8. The van der Waals surface area contributed by atoms with Crippen molar-refractivity contribution in [3.8, 4) is 0 Å². The summed E-state index contributed by atoms with van der Waals surface area (Å²) in [6, 6.07) is -0.00178. The van der Waals surface area contributed by atoms with Gasteiger partial charge in [-0.1, -0.05) is 0 Å². The third-order valence-electron chi connectivity index (χ3n) is 4.16. The molecular formula is C14H20N2O5. The Balaban J connectivity index is 1.69. The molecule has 0 bridgehead atoms. The minimum atomic E-state index is -0.772. The van der Waals surface area contributed by atoms with Crippen molar-refractivity contribution in [2.75, 3.05) is 6.54 Å². The highest BCUT2D eigenvalue weighted by atomic mass is 16.4. The van der Waals surface area contributed by atoms with Gasteiger partial charge in [0, 0.05) is 31.8 Å². The molecule has 0 spiro atoms. The van der Waals surface area contributed by atoms with Crippen molar-refractivity contribution in [2.24, 2.45) is 5.92 Å². The maximum absolute atomic E-state index is 11.8. The molecule has 116 valence electrons. The van der Waals surface area contributed by atoms with E-state index in [9.17, 15) is 19.2 Å². The van der Waals surface area contributed by atoms with Crippen LogP contribution < -0.4 is 5.32 Å². The number of rotatable bonds is 5. The molecule has 0 aromatic carbocycles. The van der Waals surface area contributed by atoms with Crippen LogP contribution >= 0.6 is 0 Å². The number of aliphatic carboxylic acids is 1. The number of nitrogens with zero attached hydrogens (tertiary/aromatic N) is 1. The number of amides is 3. The molecule has 2 aliphatic rings. The van der Waals surface area contributed by atoms with Gasteiger partial charge in [0.1, 0.15) is 0 Å². The maximum Gasteiger partial charge on any atom is 0.306 e. The van der Waals surface area contributed by atoms with Crippen molar-refractivity contribution in [1.29, 1.82) is 0 Å². The molecular weight excluding hydrogens is 276 g/mol. The van der Waals surface area contributed by atoms with Gasteiger partial charge in [0.05, 0.1) is 5.92 Å². The zero-order valence-electron chi connectivity index (χ0n) is 11.8. The lowest BCUT2D eigenvalue weighted by atomic mass is 9.86. The summed E-state index contributed by atoms with van der Waals surface area (Å²) in [6.07, 6.45) is 3.04. The summed E-state index contributed by atoms with van der Waals surface area (Å²) in [4.78, 5) is 46.6. The summed E-state index contributed by atoms with van der Waals surface area (Å²) < 4.78 is 0. The van der Waals surface area contributed by atoms with Gasteiger partial charge in [0.2, 0.25) is 17.7 Å². The molecule has 0 aromatic heterocycles. The lowest BCUT2D eigenvalue weighted by Gasteiger charge is -2.27. The van der Waals surface area contributed by atoms with Gasteiger partial charge in [-0.25, -0.2) is 0 Å². The van der Waals surface area contributed by atoms with E-state index in [-0.39, 0.29) is 55.5 Å². The van der Waals surface area contributed by atoms with Gasteiger partial charge in [-0.3, -0.25) is 24.1 Å². The van der Waals surface area contributed by atoms with Crippen LogP contribution in [0.2, 0.25) is 0 Å². The second-order valence-electron chi connectivity index (χ2n) is 5.64. The van der Waals surface area contributed by atoms with Gasteiger partial charge in [0.25, 0.3) is 0 Å². The van der Waals surface area contributed by atoms with E-state index in [1.807, 2.05) is 0 Å². The number of hydrogen-bond acceptors (Lipinski definition) is 4. The topological polar surface area (TPSA) is 104 Å². The summed E-state index contributed by atoms with van der Waals surface area (Å²) in [6.45, 7) is 0.133. The molecule has 21 heavy (non-hydrogen) atoms. The van der Waals surface area contributed by atoms with E-state index < -0.39 is 5.97 Å². The first-order chi connectivity index (χ1) is 9.97. The fraction of sp³-hybridized carbons (Fsp3) is 0.714. The number of hydrogen-bond donors (Lipinski definition) is 2. The van der Waals surface area contributed by atoms with E-state index in [0.717, 1.165) is 4.90 Å². The molecule has 1 aliphatic heterocycles. The van der Waals surface area contributed by atoms with Crippen LogP contribution in [0.25, 0.3) is 0 Å². The van der Waals surface area contributed by atoms with Crippen LogP contribution in [0.1, 0.15) is 44.9 Å². The Kier molecular flexibility index (Phi) is 4.93. The van der Waals surface area contributed by atoms with Gasteiger partial charge in [-0.15, -0.1) is 0 Å². The lowest BCUT2D eigenvalue weighted by molar-refractivity contribution is -0.143. The standard InChI is InChI=1S/C14H20N2O5/c17-11(7-8-16-12(18)5-6-13(16)19)15-10-3-1-9(2-4-10)14(20)21/h9-10H,1-8H2,(H,15,17)(H,20,21). The summed E-state index contributed by atoms with van der Waals surface area (Å²) in [7, 11) is 0. The third kappa shape index (κ3) is 4.03. The van der Waals surface area contributed by atoms with Crippen molar-refractivity contribution in [1.82, 2.24) is 10.2 Å². The highest BCUT2D eigenvalue weighted by Gasteiger charge is 2.30. The fourth-order valence-corrected chi connectivity index (χ4v) is 2.87. The smallest absolute Gasteiger partial charge is 0.306 e. The first-order valence-corrected chi connectivity index (χ1v) is 7.32. The largest absolute Gasteiger partial charge is 0.481 e. The minimum Gasteiger partial charge on any atom is -0.481 e. The molecule has 7 nitrogen and oxygen atoms in total. The van der Waals surface area contributed by atoms with E-state index in [1.165, 1.54) is 0 Å². The van der Waals surface area contributed by atoms with Crippen molar-refractivity contribution >= 4 is 23.7 Å². The Hall–Kier alpha value is -1.92. The van der Waals surface area contributed by atoms with Crippen molar-refractivity contribution in [2.45, 2.75) is 51.0 Å². The third-order valence-corrected chi connectivity index (χ3v) is 4.16. The Bertz CT molecular complexity index is 438. The number of carboxylic acids is 1. The van der Waals surface area contributed by atoms with Crippen LogP contribution in [0.5, 0.6) is 0 Å². The summed E-state index contributed by atoms with van der Waals surface area (Å²) >= 11 is 0. The van der Waals surface area contributed by atoms with E-state index in [2.05, 4.69) is 5.32 Å². The average Bonchev–Trinajstić information content (AvgIpc) is 2.76. The summed E-state index contributed by atoms with van der Waals surface area (Å²) in [5.74, 6) is -1.70. The number of carbonyl (C=O) groups excluding carboxylic acids is 3. The first kappa shape index (κ1) is 15.5. The Morgan fingerprint density at radius 1 is 1.10 bits per heavy atom. The molecule has 1 aliphatic carbocycles. The molecule has 0 radical (unpaired) electrons. The molecule has 2 fully saturated rings. The van der Waals surface area contributed by atoms with Crippen LogP contribution in [-0.4, -0.2) is 46.3 Å². The monoisotopic (exact) mass is 296 g/mol. The van der Waals surface area contributed by atoms with E-state index in [1.54, 1.807) is 0 Å². The zero-order chi connectivity index (χ0) is 15.4. The Morgan fingerprint density at radius 2 is 1.67 bits per heavy atom. The van der Waals surface area contributed by atoms with Crippen LogP contribution in [0.15, 0.2) is 0 Å². The molecule has 2 N–H and O–H groups in total. The average molecular weight is 296 g/mol. The molecule has 3 amide bonds. The van der Waals surface area contributed by atoms with Crippen molar-refractivity contribution in [3.05, 3.63) is 0 Å². The second kappa shape index (κ2) is 6.69. The predicted octanol–water partition coefficient (Wildman–Crippen LogP) is 0.285. The molecule has 0 unspecified atom stereocenters. The van der Waals surface area contributed by atoms with Crippen molar-refractivity contribution < 1.29 is 24.3 Å². The van der Waals surface area contributed by atoms with Gasteiger partial charge >= 0.3 is 5.97 Å². The lowest BCUT2D eigenvalue weighted by Crippen LogP contribution is -2.40. The quantitative estimate of drug-likeness (QED) is 0.709. The molecule has 0 aromatic rings. The number of imide groups is 1.